The Hall–Kier alpha value is -3.70. The van der Waals surface area contributed by atoms with Crippen LogP contribution < -0.4 is 14.4 Å². The molecular weight excluding hydrogens is 502 g/mol. The van der Waals surface area contributed by atoms with Crippen LogP contribution in [-0.4, -0.2) is 72.4 Å². The molecule has 0 atom stereocenters. The molecule has 0 aliphatic carbocycles. The molecule has 0 radical (unpaired) electrons. The third-order valence-electron chi connectivity index (χ3n) is 6.88. The summed E-state index contributed by atoms with van der Waals surface area (Å²) in [4.78, 5) is 16.2. The molecule has 1 N–H and O–H groups in total. The van der Waals surface area contributed by atoms with Crippen molar-refractivity contribution in [3.8, 4) is 11.6 Å². The lowest BCUT2D eigenvalue weighted by atomic mass is 10.1. The molecule has 200 valence electrons. The van der Waals surface area contributed by atoms with Crippen molar-refractivity contribution in [2.75, 3.05) is 43.1 Å². The van der Waals surface area contributed by atoms with Gasteiger partial charge in [0.05, 0.1) is 6.26 Å². The number of anilines is 3. The quantitative estimate of drug-likeness (QED) is 0.378. The van der Waals surface area contributed by atoms with Crippen LogP contribution in [0.4, 0.5) is 17.5 Å². The summed E-state index contributed by atoms with van der Waals surface area (Å²) in [6, 6.07) is 13.3. The van der Waals surface area contributed by atoms with Crippen LogP contribution in [0.25, 0.3) is 16.9 Å². The molecule has 1 saturated heterocycles. The van der Waals surface area contributed by atoms with Gasteiger partial charge in [0.15, 0.2) is 5.65 Å². The van der Waals surface area contributed by atoms with E-state index in [0.717, 1.165) is 64.6 Å². The van der Waals surface area contributed by atoms with E-state index in [0.29, 0.717) is 23.2 Å². The minimum absolute atomic E-state index is 0.245. The number of piperidine rings is 1. The molecule has 1 aliphatic heterocycles. The van der Waals surface area contributed by atoms with E-state index in [4.69, 9.17) is 9.72 Å². The van der Waals surface area contributed by atoms with Gasteiger partial charge in [-0.1, -0.05) is 6.07 Å². The Bertz CT molecular complexity index is 1580. The summed E-state index contributed by atoms with van der Waals surface area (Å²) in [5.41, 5.74) is 3.49. The fourth-order valence-electron chi connectivity index (χ4n) is 4.62. The smallest absolute Gasteiger partial charge is 0.233 e. The fraction of sp³-hybridized carbons (Fsp3) is 0.370. The van der Waals surface area contributed by atoms with E-state index in [2.05, 4.69) is 27.2 Å². The molecule has 10 nitrogen and oxygen atoms in total. The molecule has 0 amide bonds. The average Bonchev–Trinajstić information content (AvgIpc) is 3.21. The van der Waals surface area contributed by atoms with Gasteiger partial charge in [-0.3, -0.25) is 8.87 Å². The van der Waals surface area contributed by atoms with Gasteiger partial charge in [0.2, 0.25) is 16.0 Å². The molecule has 0 spiro atoms. The Kier molecular flexibility index (Phi) is 6.97. The Labute approximate surface area is 223 Å². The SMILES string of the molecule is Cc1cc(Nc2ncc3cc(C)n(-c4cccc(N(C)S(C)(=O)=O)n4)c3n2)ccc1OC1CCN(C)CC1. The average molecular weight is 536 g/mol. The molecule has 1 fully saturated rings. The lowest BCUT2D eigenvalue weighted by Crippen LogP contribution is -2.35. The van der Waals surface area contributed by atoms with Gasteiger partial charge in [0.1, 0.15) is 23.5 Å². The van der Waals surface area contributed by atoms with Crippen LogP contribution >= 0.6 is 0 Å². The Balaban J connectivity index is 1.40. The molecule has 0 saturated carbocycles. The lowest BCUT2D eigenvalue weighted by molar-refractivity contribution is 0.113. The van der Waals surface area contributed by atoms with Crippen molar-refractivity contribution >= 4 is 38.5 Å². The number of aryl methyl sites for hydroxylation is 2. The first kappa shape index (κ1) is 25.9. The van der Waals surface area contributed by atoms with Gasteiger partial charge < -0.3 is 15.0 Å². The van der Waals surface area contributed by atoms with Gasteiger partial charge in [-0.25, -0.2) is 18.4 Å². The molecule has 3 aromatic heterocycles. The first-order valence-electron chi connectivity index (χ1n) is 12.6. The normalized spacial score (nSPS) is 15.1. The minimum Gasteiger partial charge on any atom is -0.490 e. The number of aromatic nitrogens is 4. The highest BCUT2D eigenvalue weighted by atomic mass is 32.2. The predicted octanol–water partition coefficient (Wildman–Crippen LogP) is 4.04. The predicted molar refractivity (Wildman–Crippen MR) is 150 cm³/mol. The number of fused-ring (bicyclic) bond motifs is 1. The highest BCUT2D eigenvalue weighted by Crippen LogP contribution is 2.28. The molecule has 0 unspecified atom stereocenters. The van der Waals surface area contributed by atoms with Crippen molar-refractivity contribution in [3.63, 3.8) is 0 Å². The zero-order valence-electron chi connectivity index (χ0n) is 22.3. The number of likely N-dealkylation sites (tertiary alicyclic amines) is 1. The van der Waals surface area contributed by atoms with Crippen LogP contribution in [0.5, 0.6) is 5.75 Å². The summed E-state index contributed by atoms with van der Waals surface area (Å²) in [6.07, 6.45) is 5.23. The zero-order valence-corrected chi connectivity index (χ0v) is 23.2. The number of rotatable bonds is 7. The van der Waals surface area contributed by atoms with E-state index >= 15 is 0 Å². The summed E-state index contributed by atoms with van der Waals surface area (Å²) in [7, 11) is 0.190. The van der Waals surface area contributed by atoms with Crippen LogP contribution in [-0.2, 0) is 10.0 Å². The van der Waals surface area contributed by atoms with Crippen molar-refractivity contribution in [1.29, 1.82) is 0 Å². The minimum atomic E-state index is -3.44. The summed E-state index contributed by atoms with van der Waals surface area (Å²) in [5, 5.41) is 4.16. The molecule has 1 aliphatic rings. The number of nitrogens with one attached hydrogen (secondary N) is 1. The van der Waals surface area contributed by atoms with Gasteiger partial charge in [-0.05, 0) is 75.7 Å². The van der Waals surface area contributed by atoms with Crippen molar-refractivity contribution in [2.24, 2.45) is 0 Å². The molecule has 11 heteroatoms. The van der Waals surface area contributed by atoms with Crippen molar-refractivity contribution < 1.29 is 13.2 Å². The summed E-state index contributed by atoms with van der Waals surface area (Å²) < 4.78 is 33.4. The number of hydrogen-bond donors (Lipinski definition) is 1. The summed E-state index contributed by atoms with van der Waals surface area (Å²) in [6.45, 7) is 6.10. The van der Waals surface area contributed by atoms with Crippen molar-refractivity contribution in [3.05, 3.63) is 59.9 Å². The van der Waals surface area contributed by atoms with E-state index in [1.54, 1.807) is 18.3 Å². The standard InChI is InChI=1S/C27H33N7O3S/c1-18-15-21(9-10-23(18)37-22-11-13-32(3)14-12-22)29-27-28-17-20-16-19(2)34(26(20)31-27)25-8-6-7-24(30-25)33(4)38(5,35)36/h6-10,15-17,22H,11-14H2,1-5H3,(H,28,29,31). The number of benzene rings is 1. The topological polar surface area (TPSA) is 105 Å². The summed E-state index contributed by atoms with van der Waals surface area (Å²) >= 11 is 0. The monoisotopic (exact) mass is 535 g/mol. The number of pyridine rings is 1. The van der Waals surface area contributed by atoms with Crippen LogP contribution in [0.2, 0.25) is 0 Å². The van der Waals surface area contributed by atoms with Crippen molar-refractivity contribution in [2.45, 2.75) is 32.8 Å². The van der Waals surface area contributed by atoms with Crippen LogP contribution in [0, 0.1) is 13.8 Å². The van der Waals surface area contributed by atoms with E-state index in [1.165, 1.54) is 7.05 Å². The number of sulfonamides is 1. The first-order valence-corrected chi connectivity index (χ1v) is 14.4. The molecule has 4 heterocycles. The molecule has 5 rings (SSSR count). The number of nitrogens with zero attached hydrogens (tertiary/aromatic N) is 6. The molecule has 38 heavy (non-hydrogen) atoms. The lowest BCUT2D eigenvalue weighted by Gasteiger charge is -2.29. The number of ether oxygens (including phenoxy) is 1. The first-order chi connectivity index (χ1) is 18.1. The van der Waals surface area contributed by atoms with Crippen LogP contribution in [0.1, 0.15) is 24.1 Å². The zero-order chi connectivity index (χ0) is 27.0. The highest BCUT2D eigenvalue weighted by Gasteiger charge is 2.19. The van der Waals surface area contributed by atoms with Crippen LogP contribution in [0.15, 0.2) is 48.7 Å². The third-order valence-corrected chi connectivity index (χ3v) is 8.07. The Morgan fingerprint density at radius 1 is 1.08 bits per heavy atom. The van der Waals surface area contributed by atoms with Gasteiger partial charge in [0, 0.05) is 43.1 Å². The maximum Gasteiger partial charge on any atom is 0.233 e. The largest absolute Gasteiger partial charge is 0.490 e. The maximum absolute atomic E-state index is 12.0. The molecular formula is C27H33N7O3S. The van der Waals surface area contributed by atoms with Gasteiger partial charge >= 0.3 is 0 Å². The highest BCUT2D eigenvalue weighted by molar-refractivity contribution is 7.92. The summed E-state index contributed by atoms with van der Waals surface area (Å²) in [5.74, 6) is 2.25. The molecule has 4 aromatic rings. The van der Waals surface area contributed by atoms with Crippen LogP contribution in [0.3, 0.4) is 0 Å². The second-order valence-electron chi connectivity index (χ2n) is 9.90. The second kappa shape index (κ2) is 10.2. The number of hydrogen-bond acceptors (Lipinski definition) is 8. The van der Waals surface area contributed by atoms with E-state index in [-0.39, 0.29) is 6.10 Å². The van der Waals surface area contributed by atoms with E-state index in [1.807, 2.05) is 48.7 Å². The fourth-order valence-corrected chi connectivity index (χ4v) is 5.06. The van der Waals surface area contributed by atoms with Gasteiger partial charge in [0.25, 0.3) is 0 Å². The van der Waals surface area contributed by atoms with E-state index in [9.17, 15) is 8.42 Å². The molecule has 1 aromatic carbocycles. The van der Waals surface area contributed by atoms with Crippen molar-refractivity contribution in [1.82, 2.24) is 24.4 Å². The third kappa shape index (κ3) is 5.44. The van der Waals surface area contributed by atoms with E-state index < -0.39 is 10.0 Å². The Morgan fingerprint density at radius 3 is 2.55 bits per heavy atom. The Morgan fingerprint density at radius 2 is 1.84 bits per heavy atom. The van der Waals surface area contributed by atoms with Gasteiger partial charge in [-0.15, -0.1) is 0 Å². The second-order valence-corrected chi connectivity index (χ2v) is 11.9. The molecule has 0 bridgehead atoms. The maximum atomic E-state index is 12.0. The van der Waals surface area contributed by atoms with Gasteiger partial charge in [-0.2, -0.15) is 4.98 Å².